The molecule has 2 heterocycles. The fourth-order valence-electron chi connectivity index (χ4n) is 3.24. The maximum Gasteiger partial charge on any atom is 0.262 e. The van der Waals surface area contributed by atoms with Crippen molar-refractivity contribution in [2.75, 3.05) is 11.1 Å². The van der Waals surface area contributed by atoms with Crippen molar-refractivity contribution in [3.8, 4) is 0 Å². The molecule has 0 atom stereocenters. The zero-order valence-electron chi connectivity index (χ0n) is 16.8. The number of rotatable bonds is 6. The lowest BCUT2D eigenvalue weighted by molar-refractivity contribution is -0.113. The molecule has 4 rings (SSSR count). The van der Waals surface area contributed by atoms with Crippen molar-refractivity contribution in [2.45, 2.75) is 25.5 Å². The normalized spacial score (nSPS) is 11.5. The minimum absolute atomic E-state index is 0.0591. The Morgan fingerprint density at radius 3 is 2.65 bits per heavy atom. The molecule has 31 heavy (non-hydrogen) atoms. The third-order valence-electron chi connectivity index (χ3n) is 4.54. The van der Waals surface area contributed by atoms with Crippen LogP contribution in [0.5, 0.6) is 0 Å². The van der Waals surface area contributed by atoms with Gasteiger partial charge in [0.25, 0.3) is 5.56 Å². The summed E-state index contributed by atoms with van der Waals surface area (Å²) in [6.45, 7) is 4.51. The van der Waals surface area contributed by atoms with Crippen LogP contribution in [0.4, 0.5) is 10.1 Å². The van der Waals surface area contributed by atoms with E-state index in [1.165, 1.54) is 36.0 Å². The minimum atomic E-state index is -0.375. The van der Waals surface area contributed by atoms with Gasteiger partial charge in [-0.25, -0.2) is 4.39 Å². The van der Waals surface area contributed by atoms with Crippen LogP contribution in [-0.4, -0.2) is 30.8 Å². The lowest BCUT2D eigenvalue weighted by Gasteiger charge is -2.13. The number of fused-ring (bicyclic) bond motifs is 3. The molecule has 1 N–H and O–H groups in total. The third kappa shape index (κ3) is 4.42. The number of nitrogens with one attached hydrogen (secondary N) is 1. The molecule has 0 radical (unpaired) electrons. The Morgan fingerprint density at radius 1 is 1.19 bits per heavy atom. The molecular formula is C21H19ClFN5O2S. The molecule has 160 valence electrons. The van der Waals surface area contributed by atoms with Crippen molar-refractivity contribution >= 4 is 51.6 Å². The molecule has 10 heteroatoms. The van der Waals surface area contributed by atoms with Crippen LogP contribution in [0.25, 0.3) is 16.7 Å². The predicted octanol–water partition coefficient (Wildman–Crippen LogP) is 4.22. The Kier molecular flexibility index (Phi) is 5.97. The largest absolute Gasteiger partial charge is 0.325 e. The quantitative estimate of drug-likeness (QED) is 0.436. The molecule has 0 fully saturated rings. The van der Waals surface area contributed by atoms with Gasteiger partial charge in [-0.1, -0.05) is 37.2 Å². The molecule has 0 aliphatic heterocycles. The number of benzene rings is 2. The van der Waals surface area contributed by atoms with Crippen molar-refractivity contribution in [1.82, 2.24) is 19.2 Å². The Labute approximate surface area is 186 Å². The van der Waals surface area contributed by atoms with Gasteiger partial charge in [0, 0.05) is 17.3 Å². The molecular weight excluding hydrogens is 441 g/mol. The second kappa shape index (κ2) is 8.68. The highest BCUT2D eigenvalue weighted by Crippen LogP contribution is 2.24. The van der Waals surface area contributed by atoms with Crippen LogP contribution in [-0.2, 0) is 11.3 Å². The number of thioether (sulfide) groups is 1. The van der Waals surface area contributed by atoms with E-state index in [4.69, 9.17) is 11.6 Å². The van der Waals surface area contributed by atoms with Gasteiger partial charge in [-0.2, -0.15) is 0 Å². The van der Waals surface area contributed by atoms with Gasteiger partial charge in [0.15, 0.2) is 5.16 Å². The molecule has 1 amide bonds. The summed E-state index contributed by atoms with van der Waals surface area (Å²) in [5, 5.41) is 12.6. The van der Waals surface area contributed by atoms with Gasteiger partial charge in [0.05, 0.1) is 16.7 Å². The molecule has 0 saturated carbocycles. The van der Waals surface area contributed by atoms with Crippen LogP contribution in [0.3, 0.4) is 0 Å². The molecule has 0 spiro atoms. The third-order valence-corrected chi connectivity index (χ3v) is 5.71. The Balaban J connectivity index is 1.70. The van der Waals surface area contributed by atoms with E-state index in [2.05, 4.69) is 15.5 Å². The van der Waals surface area contributed by atoms with Crippen LogP contribution < -0.4 is 10.9 Å². The van der Waals surface area contributed by atoms with Crippen molar-refractivity contribution in [3.05, 3.63) is 63.7 Å². The van der Waals surface area contributed by atoms with Crippen LogP contribution in [0.2, 0.25) is 5.02 Å². The van der Waals surface area contributed by atoms with Gasteiger partial charge in [-0.3, -0.25) is 18.6 Å². The summed E-state index contributed by atoms with van der Waals surface area (Å²) in [5.41, 5.74) is 0.922. The number of carbonyl (C=O) groups is 1. The summed E-state index contributed by atoms with van der Waals surface area (Å²) in [5.74, 6) is 0.0331. The van der Waals surface area contributed by atoms with Crippen molar-refractivity contribution in [1.29, 1.82) is 0 Å². The van der Waals surface area contributed by atoms with Crippen LogP contribution >= 0.6 is 23.4 Å². The van der Waals surface area contributed by atoms with E-state index in [0.29, 0.717) is 39.1 Å². The second-order valence-electron chi connectivity index (χ2n) is 7.43. The van der Waals surface area contributed by atoms with Crippen LogP contribution in [0, 0.1) is 11.7 Å². The predicted molar refractivity (Wildman–Crippen MR) is 120 cm³/mol. The highest BCUT2D eigenvalue weighted by Gasteiger charge is 2.18. The lowest BCUT2D eigenvalue weighted by atomic mass is 10.2. The van der Waals surface area contributed by atoms with Gasteiger partial charge in [-0.05, 0) is 48.4 Å². The fourth-order valence-corrected chi connectivity index (χ4v) is 4.14. The number of nitrogens with zero attached hydrogens (tertiary/aromatic N) is 4. The Hall–Kier alpha value is -2.91. The molecule has 0 aliphatic carbocycles. The lowest BCUT2D eigenvalue weighted by Crippen LogP contribution is -2.25. The minimum Gasteiger partial charge on any atom is -0.325 e. The average molecular weight is 460 g/mol. The smallest absolute Gasteiger partial charge is 0.262 e. The SMILES string of the molecule is CC(C)Cn1c(=O)c2ccc(Cl)cc2n2c(SCC(=O)Nc3ccc(F)cc3)nnc12. The van der Waals surface area contributed by atoms with E-state index in [9.17, 15) is 14.0 Å². The molecule has 0 aliphatic rings. The summed E-state index contributed by atoms with van der Waals surface area (Å²) >= 11 is 7.37. The van der Waals surface area contributed by atoms with Crippen molar-refractivity contribution in [3.63, 3.8) is 0 Å². The number of halogens is 2. The molecule has 2 aromatic heterocycles. The summed E-state index contributed by atoms with van der Waals surface area (Å²) in [4.78, 5) is 25.4. The Bertz CT molecular complexity index is 1330. The molecule has 0 unspecified atom stereocenters. The average Bonchev–Trinajstić information content (AvgIpc) is 3.15. The van der Waals surface area contributed by atoms with E-state index in [-0.39, 0.29) is 29.0 Å². The standard InChI is InChI=1S/C21H19ClFN5O2S/c1-12(2)10-27-19(30)16-8-3-13(22)9-17(16)28-20(27)25-26-21(28)31-11-18(29)24-15-6-4-14(23)5-7-15/h3-9,12H,10-11H2,1-2H3,(H,24,29). The van der Waals surface area contributed by atoms with Crippen LogP contribution in [0.1, 0.15) is 13.8 Å². The van der Waals surface area contributed by atoms with E-state index in [1.807, 2.05) is 13.8 Å². The number of aromatic nitrogens is 4. The first-order valence-electron chi connectivity index (χ1n) is 9.59. The molecule has 0 bridgehead atoms. The van der Waals surface area contributed by atoms with Gasteiger partial charge in [-0.15, -0.1) is 10.2 Å². The van der Waals surface area contributed by atoms with E-state index in [1.54, 1.807) is 27.2 Å². The molecule has 7 nitrogen and oxygen atoms in total. The van der Waals surface area contributed by atoms with Crippen LogP contribution in [0.15, 0.2) is 52.4 Å². The van der Waals surface area contributed by atoms with E-state index >= 15 is 0 Å². The zero-order chi connectivity index (χ0) is 22.1. The van der Waals surface area contributed by atoms with Gasteiger partial charge >= 0.3 is 0 Å². The second-order valence-corrected chi connectivity index (χ2v) is 8.81. The highest BCUT2D eigenvalue weighted by molar-refractivity contribution is 7.99. The first-order chi connectivity index (χ1) is 14.8. The number of carbonyl (C=O) groups excluding carboxylic acids is 1. The maximum absolute atomic E-state index is 13.0. The molecule has 2 aromatic carbocycles. The first-order valence-corrected chi connectivity index (χ1v) is 10.9. The molecule has 4 aromatic rings. The highest BCUT2D eigenvalue weighted by atomic mass is 35.5. The monoisotopic (exact) mass is 459 g/mol. The van der Waals surface area contributed by atoms with Gasteiger partial charge < -0.3 is 5.32 Å². The number of hydrogen-bond acceptors (Lipinski definition) is 5. The van der Waals surface area contributed by atoms with Crippen molar-refractivity contribution in [2.24, 2.45) is 5.92 Å². The van der Waals surface area contributed by atoms with E-state index in [0.717, 1.165) is 0 Å². The number of hydrogen-bond donors (Lipinski definition) is 1. The van der Waals surface area contributed by atoms with Crippen molar-refractivity contribution < 1.29 is 9.18 Å². The number of amides is 1. The summed E-state index contributed by atoms with van der Waals surface area (Å²) in [7, 11) is 0. The summed E-state index contributed by atoms with van der Waals surface area (Å²) in [6.07, 6.45) is 0. The summed E-state index contributed by atoms with van der Waals surface area (Å²) in [6, 6.07) is 10.6. The maximum atomic E-state index is 13.0. The van der Waals surface area contributed by atoms with Gasteiger partial charge in [0.1, 0.15) is 5.82 Å². The van der Waals surface area contributed by atoms with E-state index < -0.39 is 0 Å². The fraction of sp³-hybridized carbons (Fsp3) is 0.238. The number of anilines is 1. The summed E-state index contributed by atoms with van der Waals surface area (Å²) < 4.78 is 16.4. The molecule has 0 saturated heterocycles. The zero-order valence-corrected chi connectivity index (χ0v) is 18.4. The van der Waals surface area contributed by atoms with Gasteiger partial charge in [0.2, 0.25) is 11.7 Å². The Morgan fingerprint density at radius 2 is 1.94 bits per heavy atom. The topological polar surface area (TPSA) is 81.3 Å². The first kappa shape index (κ1) is 21.3.